The summed E-state index contributed by atoms with van der Waals surface area (Å²) in [6, 6.07) is 14.1. The topological polar surface area (TPSA) is 33.3 Å². The molecule has 2 aromatic carbocycles. The second-order valence-electron chi connectivity index (χ2n) is 5.59. The SMILES string of the molecule is COc1ccccc1CCNC(=S)NCCc1ccc(C)cc1Cl. The van der Waals surface area contributed by atoms with Crippen molar-refractivity contribution in [2.75, 3.05) is 20.2 Å². The molecule has 0 aromatic heterocycles. The second-order valence-corrected chi connectivity index (χ2v) is 6.40. The van der Waals surface area contributed by atoms with Gasteiger partial charge in [-0.2, -0.15) is 0 Å². The fourth-order valence-electron chi connectivity index (χ4n) is 2.45. The summed E-state index contributed by atoms with van der Waals surface area (Å²) >= 11 is 11.5. The van der Waals surface area contributed by atoms with Gasteiger partial charge in [0, 0.05) is 18.1 Å². The first kappa shape index (κ1) is 18.6. The van der Waals surface area contributed by atoms with Crippen LogP contribution in [0.15, 0.2) is 42.5 Å². The van der Waals surface area contributed by atoms with E-state index in [9.17, 15) is 0 Å². The number of ether oxygens (including phenoxy) is 1. The number of hydrogen-bond donors (Lipinski definition) is 2. The zero-order valence-electron chi connectivity index (χ0n) is 14.1. The van der Waals surface area contributed by atoms with Gasteiger partial charge in [-0.3, -0.25) is 0 Å². The molecule has 0 saturated carbocycles. The van der Waals surface area contributed by atoms with Gasteiger partial charge in [-0.05, 0) is 60.8 Å². The van der Waals surface area contributed by atoms with Gasteiger partial charge in [0.1, 0.15) is 5.75 Å². The fraction of sp³-hybridized carbons (Fsp3) is 0.316. The Hall–Kier alpha value is -1.78. The van der Waals surface area contributed by atoms with E-state index in [0.29, 0.717) is 5.11 Å². The van der Waals surface area contributed by atoms with Crippen molar-refractivity contribution in [3.8, 4) is 5.75 Å². The number of para-hydroxylation sites is 1. The first-order valence-corrected chi connectivity index (χ1v) is 8.77. The van der Waals surface area contributed by atoms with Crippen LogP contribution in [0.1, 0.15) is 16.7 Å². The van der Waals surface area contributed by atoms with Crippen molar-refractivity contribution in [2.45, 2.75) is 19.8 Å². The van der Waals surface area contributed by atoms with Crippen LogP contribution in [0.3, 0.4) is 0 Å². The maximum Gasteiger partial charge on any atom is 0.166 e. The Bertz CT molecular complexity index is 691. The molecule has 2 rings (SSSR count). The van der Waals surface area contributed by atoms with Crippen molar-refractivity contribution in [1.29, 1.82) is 0 Å². The molecule has 2 N–H and O–H groups in total. The predicted molar refractivity (Wildman–Crippen MR) is 105 cm³/mol. The quantitative estimate of drug-likeness (QED) is 0.732. The Morgan fingerprint density at radius 3 is 2.38 bits per heavy atom. The summed E-state index contributed by atoms with van der Waals surface area (Å²) in [5.74, 6) is 0.909. The van der Waals surface area contributed by atoms with Crippen LogP contribution < -0.4 is 15.4 Å². The molecule has 0 radical (unpaired) electrons. The van der Waals surface area contributed by atoms with Crippen molar-refractivity contribution >= 4 is 28.9 Å². The van der Waals surface area contributed by atoms with Crippen LogP contribution in [0.2, 0.25) is 5.02 Å². The van der Waals surface area contributed by atoms with E-state index in [-0.39, 0.29) is 0 Å². The van der Waals surface area contributed by atoms with Gasteiger partial charge in [-0.15, -0.1) is 0 Å². The van der Waals surface area contributed by atoms with Crippen molar-refractivity contribution in [3.63, 3.8) is 0 Å². The molecule has 0 amide bonds. The first-order valence-electron chi connectivity index (χ1n) is 7.99. The van der Waals surface area contributed by atoms with Crippen molar-refractivity contribution in [2.24, 2.45) is 0 Å². The lowest BCUT2D eigenvalue weighted by Crippen LogP contribution is -2.37. The lowest BCUT2D eigenvalue weighted by Gasteiger charge is -2.12. The number of rotatable bonds is 7. The second kappa shape index (κ2) is 9.50. The summed E-state index contributed by atoms with van der Waals surface area (Å²) in [4.78, 5) is 0. The monoisotopic (exact) mass is 362 g/mol. The van der Waals surface area contributed by atoms with Crippen LogP contribution in [-0.4, -0.2) is 25.3 Å². The lowest BCUT2D eigenvalue weighted by molar-refractivity contribution is 0.409. The van der Waals surface area contributed by atoms with E-state index < -0.39 is 0 Å². The Kier molecular flexibility index (Phi) is 7.35. The van der Waals surface area contributed by atoms with Crippen LogP contribution >= 0.6 is 23.8 Å². The Labute approximate surface area is 154 Å². The van der Waals surface area contributed by atoms with Crippen molar-refractivity contribution in [3.05, 3.63) is 64.2 Å². The summed E-state index contributed by atoms with van der Waals surface area (Å²) in [6.07, 6.45) is 1.70. The van der Waals surface area contributed by atoms with Gasteiger partial charge in [-0.1, -0.05) is 41.9 Å². The highest BCUT2D eigenvalue weighted by molar-refractivity contribution is 7.80. The number of aryl methyl sites for hydroxylation is 1. The molecule has 0 aliphatic heterocycles. The van der Waals surface area contributed by atoms with E-state index in [2.05, 4.69) is 28.8 Å². The summed E-state index contributed by atoms with van der Waals surface area (Å²) in [5, 5.41) is 7.91. The molecular weight excluding hydrogens is 340 g/mol. The Morgan fingerprint density at radius 2 is 1.71 bits per heavy atom. The molecule has 0 unspecified atom stereocenters. The fourth-order valence-corrected chi connectivity index (χ4v) is 2.98. The average molecular weight is 363 g/mol. The van der Waals surface area contributed by atoms with Crippen molar-refractivity contribution in [1.82, 2.24) is 10.6 Å². The molecule has 0 spiro atoms. The molecule has 0 heterocycles. The van der Waals surface area contributed by atoms with Gasteiger partial charge in [0.2, 0.25) is 0 Å². The number of benzene rings is 2. The van der Waals surface area contributed by atoms with Crippen molar-refractivity contribution < 1.29 is 4.74 Å². The maximum absolute atomic E-state index is 6.24. The van der Waals surface area contributed by atoms with Gasteiger partial charge in [0.25, 0.3) is 0 Å². The normalized spacial score (nSPS) is 10.3. The largest absolute Gasteiger partial charge is 0.496 e. The number of methoxy groups -OCH3 is 1. The van der Waals surface area contributed by atoms with E-state index in [0.717, 1.165) is 42.3 Å². The maximum atomic E-state index is 6.24. The molecule has 3 nitrogen and oxygen atoms in total. The van der Waals surface area contributed by atoms with Gasteiger partial charge in [0.15, 0.2) is 5.11 Å². The van der Waals surface area contributed by atoms with Gasteiger partial charge >= 0.3 is 0 Å². The highest BCUT2D eigenvalue weighted by Gasteiger charge is 2.03. The smallest absolute Gasteiger partial charge is 0.166 e. The Balaban J connectivity index is 1.70. The molecule has 0 bridgehead atoms. The molecule has 5 heteroatoms. The lowest BCUT2D eigenvalue weighted by atomic mass is 10.1. The molecule has 2 aromatic rings. The highest BCUT2D eigenvalue weighted by Crippen LogP contribution is 2.18. The van der Waals surface area contributed by atoms with Crippen LogP contribution in [0.4, 0.5) is 0 Å². The zero-order chi connectivity index (χ0) is 17.4. The molecule has 0 saturated heterocycles. The minimum absolute atomic E-state index is 0.660. The number of hydrogen-bond acceptors (Lipinski definition) is 2. The van der Waals surface area contributed by atoms with Crippen LogP contribution in [-0.2, 0) is 12.8 Å². The third kappa shape index (κ3) is 5.69. The van der Waals surface area contributed by atoms with Crippen LogP contribution in [0.5, 0.6) is 5.75 Å². The first-order chi connectivity index (χ1) is 11.6. The molecule has 0 aliphatic carbocycles. The van der Waals surface area contributed by atoms with Gasteiger partial charge in [-0.25, -0.2) is 0 Å². The standard InChI is InChI=1S/C19H23ClN2OS/c1-14-7-8-15(17(20)13-14)9-11-21-19(24)22-12-10-16-5-3-4-6-18(16)23-2/h3-8,13H,9-12H2,1-2H3,(H2,21,22,24). The van der Waals surface area contributed by atoms with E-state index in [4.69, 9.17) is 28.6 Å². The number of nitrogens with one attached hydrogen (secondary N) is 2. The highest BCUT2D eigenvalue weighted by atomic mass is 35.5. The van der Waals surface area contributed by atoms with Gasteiger partial charge in [0.05, 0.1) is 7.11 Å². The minimum Gasteiger partial charge on any atom is -0.496 e. The van der Waals surface area contributed by atoms with Gasteiger partial charge < -0.3 is 15.4 Å². The molecular formula is C19H23ClN2OS. The van der Waals surface area contributed by atoms with E-state index in [1.54, 1.807) is 7.11 Å². The summed E-state index contributed by atoms with van der Waals surface area (Å²) in [5.41, 5.74) is 3.47. The molecule has 24 heavy (non-hydrogen) atoms. The van der Waals surface area contributed by atoms with Crippen LogP contribution in [0, 0.1) is 6.92 Å². The molecule has 0 atom stereocenters. The molecule has 128 valence electrons. The summed E-state index contributed by atoms with van der Waals surface area (Å²) in [6.45, 7) is 3.55. The van der Waals surface area contributed by atoms with Crippen LogP contribution in [0.25, 0.3) is 0 Å². The predicted octanol–water partition coefficient (Wildman–Crippen LogP) is 3.91. The van der Waals surface area contributed by atoms with E-state index >= 15 is 0 Å². The third-order valence-corrected chi connectivity index (χ3v) is 4.40. The minimum atomic E-state index is 0.660. The van der Waals surface area contributed by atoms with E-state index in [1.165, 1.54) is 11.1 Å². The Morgan fingerprint density at radius 1 is 1.04 bits per heavy atom. The third-order valence-electron chi connectivity index (χ3n) is 3.76. The molecule has 0 fully saturated rings. The summed E-state index contributed by atoms with van der Waals surface area (Å²) in [7, 11) is 1.69. The number of thiocarbonyl (C=S) groups is 1. The van der Waals surface area contributed by atoms with E-state index in [1.807, 2.05) is 31.2 Å². The summed E-state index contributed by atoms with van der Waals surface area (Å²) < 4.78 is 5.35. The number of halogens is 1. The molecule has 0 aliphatic rings. The average Bonchev–Trinajstić information content (AvgIpc) is 2.57. The zero-order valence-corrected chi connectivity index (χ0v) is 15.6.